The van der Waals surface area contributed by atoms with Crippen molar-refractivity contribution in [3.8, 4) is 0 Å². The molecule has 0 spiro atoms. The number of piperazine rings is 1. The predicted octanol–water partition coefficient (Wildman–Crippen LogP) is 0.870. The quantitative estimate of drug-likeness (QED) is 0.706. The van der Waals surface area contributed by atoms with Crippen molar-refractivity contribution in [1.29, 1.82) is 0 Å². The van der Waals surface area contributed by atoms with Gasteiger partial charge in [-0.05, 0) is 25.6 Å². The molecule has 1 unspecified atom stereocenters. The number of rotatable bonds is 6. The molecule has 1 N–H and O–H groups in total. The molecule has 0 aromatic carbocycles. The first kappa shape index (κ1) is 12.9. The average molecular weight is 213 g/mol. The van der Waals surface area contributed by atoms with E-state index in [9.17, 15) is 0 Å². The fourth-order valence-electron chi connectivity index (χ4n) is 2.18. The molecule has 3 heteroatoms. The number of nitrogens with zero attached hydrogens (tertiary/aromatic N) is 2. The standard InChI is InChI=1S/C12H27N3/c1-4-13-10-12(3)11-15-8-6-14(5-2)7-9-15/h12-13H,4-11H2,1-3H3. The summed E-state index contributed by atoms with van der Waals surface area (Å²) in [6.07, 6.45) is 0. The smallest absolute Gasteiger partial charge is 0.0110 e. The van der Waals surface area contributed by atoms with E-state index in [-0.39, 0.29) is 0 Å². The highest BCUT2D eigenvalue weighted by Gasteiger charge is 2.16. The van der Waals surface area contributed by atoms with Gasteiger partial charge in [0.1, 0.15) is 0 Å². The zero-order chi connectivity index (χ0) is 11.1. The van der Waals surface area contributed by atoms with Crippen molar-refractivity contribution in [2.24, 2.45) is 5.92 Å². The van der Waals surface area contributed by atoms with Crippen LogP contribution in [0.3, 0.4) is 0 Å². The topological polar surface area (TPSA) is 18.5 Å². The molecule has 1 fully saturated rings. The Hall–Kier alpha value is -0.120. The molecular formula is C12H27N3. The van der Waals surface area contributed by atoms with Gasteiger partial charge in [0.2, 0.25) is 0 Å². The Kier molecular flexibility index (Phi) is 6.22. The number of likely N-dealkylation sites (N-methyl/N-ethyl adjacent to an activating group) is 1. The van der Waals surface area contributed by atoms with Crippen LogP contribution in [0, 0.1) is 5.92 Å². The third-order valence-corrected chi connectivity index (χ3v) is 3.22. The lowest BCUT2D eigenvalue weighted by molar-refractivity contribution is 0.124. The summed E-state index contributed by atoms with van der Waals surface area (Å²) in [4.78, 5) is 5.14. The molecule has 0 saturated carbocycles. The molecule has 1 aliphatic rings. The van der Waals surface area contributed by atoms with Crippen LogP contribution in [0.15, 0.2) is 0 Å². The SMILES string of the molecule is CCNCC(C)CN1CCN(CC)CC1. The molecule has 1 heterocycles. The van der Waals surface area contributed by atoms with Gasteiger partial charge in [0.15, 0.2) is 0 Å². The zero-order valence-electron chi connectivity index (χ0n) is 10.6. The Morgan fingerprint density at radius 1 is 1.07 bits per heavy atom. The normalized spacial score (nSPS) is 21.8. The van der Waals surface area contributed by atoms with Crippen LogP contribution >= 0.6 is 0 Å². The zero-order valence-corrected chi connectivity index (χ0v) is 10.6. The lowest BCUT2D eigenvalue weighted by Crippen LogP contribution is -2.48. The van der Waals surface area contributed by atoms with E-state index in [4.69, 9.17) is 0 Å². The van der Waals surface area contributed by atoms with E-state index >= 15 is 0 Å². The maximum absolute atomic E-state index is 3.42. The second-order valence-electron chi connectivity index (χ2n) is 4.65. The Morgan fingerprint density at radius 3 is 2.20 bits per heavy atom. The molecule has 1 atom stereocenters. The van der Waals surface area contributed by atoms with Gasteiger partial charge in [-0.2, -0.15) is 0 Å². The van der Waals surface area contributed by atoms with Crippen molar-refractivity contribution in [1.82, 2.24) is 15.1 Å². The van der Waals surface area contributed by atoms with Crippen molar-refractivity contribution in [3.05, 3.63) is 0 Å². The van der Waals surface area contributed by atoms with Gasteiger partial charge in [0, 0.05) is 32.7 Å². The molecule has 0 aliphatic carbocycles. The van der Waals surface area contributed by atoms with Crippen molar-refractivity contribution in [2.75, 3.05) is 52.4 Å². The molecule has 90 valence electrons. The molecule has 1 rings (SSSR count). The minimum atomic E-state index is 0.776. The predicted molar refractivity (Wildman–Crippen MR) is 66.3 cm³/mol. The first-order valence-electron chi connectivity index (χ1n) is 6.41. The van der Waals surface area contributed by atoms with Crippen LogP contribution in [0.1, 0.15) is 20.8 Å². The highest BCUT2D eigenvalue weighted by Crippen LogP contribution is 2.04. The van der Waals surface area contributed by atoms with Gasteiger partial charge in [-0.1, -0.05) is 20.8 Å². The summed E-state index contributed by atoms with van der Waals surface area (Å²) < 4.78 is 0. The van der Waals surface area contributed by atoms with E-state index in [1.165, 1.54) is 39.3 Å². The summed E-state index contributed by atoms with van der Waals surface area (Å²) in [7, 11) is 0. The Balaban J connectivity index is 2.12. The Bertz CT molecular complexity index is 153. The Labute approximate surface area is 94.8 Å². The third kappa shape index (κ3) is 4.96. The second kappa shape index (κ2) is 7.20. The van der Waals surface area contributed by atoms with Crippen molar-refractivity contribution < 1.29 is 0 Å². The van der Waals surface area contributed by atoms with Crippen LogP contribution in [0.4, 0.5) is 0 Å². The van der Waals surface area contributed by atoms with E-state index in [0.717, 1.165) is 19.0 Å². The third-order valence-electron chi connectivity index (χ3n) is 3.22. The van der Waals surface area contributed by atoms with Crippen LogP contribution in [-0.4, -0.2) is 62.2 Å². The van der Waals surface area contributed by atoms with Crippen LogP contribution in [0.5, 0.6) is 0 Å². The molecule has 0 aromatic rings. The van der Waals surface area contributed by atoms with E-state index < -0.39 is 0 Å². The molecule has 0 aromatic heterocycles. The van der Waals surface area contributed by atoms with E-state index in [1.54, 1.807) is 0 Å². The molecule has 1 aliphatic heterocycles. The van der Waals surface area contributed by atoms with Gasteiger partial charge in [-0.3, -0.25) is 0 Å². The molecular weight excluding hydrogens is 186 g/mol. The van der Waals surface area contributed by atoms with Gasteiger partial charge in [0.25, 0.3) is 0 Å². The van der Waals surface area contributed by atoms with Gasteiger partial charge in [-0.25, -0.2) is 0 Å². The lowest BCUT2D eigenvalue weighted by Gasteiger charge is -2.35. The molecule has 1 saturated heterocycles. The summed E-state index contributed by atoms with van der Waals surface area (Å²) in [6, 6.07) is 0. The van der Waals surface area contributed by atoms with Gasteiger partial charge >= 0.3 is 0 Å². The minimum Gasteiger partial charge on any atom is -0.317 e. The van der Waals surface area contributed by atoms with Gasteiger partial charge in [0.05, 0.1) is 0 Å². The average Bonchev–Trinajstić information content (AvgIpc) is 2.27. The van der Waals surface area contributed by atoms with Crippen LogP contribution in [0.25, 0.3) is 0 Å². The number of nitrogens with one attached hydrogen (secondary N) is 1. The molecule has 0 bridgehead atoms. The van der Waals surface area contributed by atoms with E-state index in [1.807, 2.05) is 0 Å². The summed E-state index contributed by atoms with van der Waals surface area (Å²) >= 11 is 0. The maximum atomic E-state index is 3.42. The van der Waals surface area contributed by atoms with Crippen molar-refractivity contribution >= 4 is 0 Å². The van der Waals surface area contributed by atoms with E-state index in [2.05, 4.69) is 35.9 Å². The number of hydrogen-bond acceptors (Lipinski definition) is 3. The fourth-order valence-corrected chi connectivity index (χ4v) is 2.18. The van der Waals surface area contributed by atoms with Gasteiger partial charge in [-0.15, -0.1) is 0 Å². The summed E-state index contributed by atoms with van der Waals surface area (Å²) in [5.74, 6) is 0.776. The van der Waals surface area contributed by atoms with Crippen LogP contribution in [0.2, 0.25) is 0 Å². The van der Waals surface area contributed by atoms with E-state index in [0.29, 0.717) is 0 Å². The molecule has 3 nitrogen and oxygen atoms in total. The fraction of sp³-hybridized carbons (Fsp3) is 1.00. The first-order valence-corrected chi connectivity index (χ1v) is 6.41. The van der Waals surface area contributed by atoms with Gasteiger partial charge < -0.3 is 15.1 Å². The minimum absolute atomic E-state index is 0.776. The van der Waals surface area contributed by atoms with Crippen LogP contribution < -0.4 is 5.32 Å². The lowest BCUT2D eigenvalue weighted by atomic mass is 10.1. The molecule has 15 heavy (non-hydrogen) atoms. The molecule has 0 amide bonds. The first-order chi connectivity index (χ1) is 7.26. The van der Waals surface area contributed by atoms with Crippen molar-refractivity contribution in [3.63, 3.8) is 0 Å². The van der Waals surface area contributed by atoms with Crippen LogP contribution in [-0.2, 0) is 0 Å². The van der Waals surface area contributed by atoms with Crippen molar-refractivity contribution in [2.45, 2.75) is 20.8 Å². The summed E-state index contributed by atoms with van der Waals surface area (Å²) in [6.45, 7) is 16.5. The monoisotopic (exact) mass is 213 g/mol. The summed E-state index contributed by atoms with van der Waals surface area (Å²) in [5.41, 5.74) is 0. The highest BCUT2D eigenvalue weighted by molar-refractivity contribution is 4.73. The largest absolute Gasteiger partial charge is 0.317 e. The number of hydrogen-bond donors (Lipinski definition) is 1. The maximum Gasteiger partial charge on any atom is 0.0110 e. The molecule has 0 radical (unpaired) electrons. The summed E-state index contributed by atoms with van der Waals surface area (Å²) in [5, 5.41) is 3.42. The second-order valence-corrected chi connectivity index (χ2v) is 4.65. The Morgan fingerprint density at radius 2 is 1.67 bits per heavy atom. The highest BCUT2D eigenvalue weighted by atomic mass is 15.3.